The number of aromatic nitrogens is 4. The number of rotatable bonds is 11. The van der Waals surface area contributed by atoms with E-state index in [1.165, 1.54) is 0 Å². The minimum Gasteiger partial charge on any atom is -0.460 e. The maximum Gasteiger partial charge on any atom is 0.381 e. The number of ketones is 2. The Balaban J connectivity index is 1.31. The maximum atomic E-state index is 14.0. The summed E-state index contributed by atoms with van der Waals surface area (Å²) in [7, 11) is 3.49. The maximum absolute atomic E-state index is 14.0. The Morgan fingerprint density at radius 2 is 1.35 bits per heavy atom. The van der Waals surface area contributed by atoms with Gasteiger partial charge in [0.2, 0.25) is 5.95 Å². The van der Waals surface area contributed by atoms with E-state index >= 15 is 0 Å². The molecular formula is C44H42FN7O5. The van der Waals surface area contributed by atoms with Gasteiger partial charge in [-0.1, -0.05) is 60.7 Å². The molecular weight excluding hydrogens is 726 g/mol. The van der Waals surface area contributed by atoms with Crippen molar-refractivity contribution in [1.29, 1.82) is 0 Å². The van der Waals surface area contributed by atoms with Gasteiger partial charge >= 0.3 is 5.97 Å². The van der Waals surface area contributed by atoms with Crippen LogP contribution in [0.4, 0.5) is 21.7 Å². The minimum absolute atomic E-state index is 0.0379. The summed E-state index contributed by atoms with van der Waals surface area (Å²) in [4.78, 5) is 67.1. The number of halogens is 1. The van der Waals surface area contributed by atoms with Gasteiger partial charge in [0, 0.05) is 74.0 Å². The zero-order valence-corrected chi connectivity index (χ0v) is 32.4. The molecule has 57 heavy (non-hydrogen) atoms. The molecule has 7 rings (SSSR count). The third kappa shape index (κ3) is 7.43. The molecule has 3 aromatic heterocycles. The first-order valence-corrected chi connectivity index (χ1v) is 18.6. The number of aryl methyl sites for hydroxylation is 1. The summed E-state index contributed by atoms with van der Waals surface area (Å²) < 4.78 is 22.2. The van der Waals surface area contributed by atoms with Gasteiger partial charge in [-0.25, -0.2) is 19.2 Å². The van der Waals surface area contributed by atoms with Crippen molar-refractivity contribution < 1.29 is 28.3 Å². The summed E-state index contributed by atoms with van der Waals surface area (Å²) in [6.45, 7) is 7.60. The van der Waals surface area contributed by atoms with Crippen molar-refractivity contribution in [2.24, 2.45) is 14.1 Å². The minimum atomic E-state index is -0.966. The molecule has 0 bridgehead atoms. The number of piperazine rings is 1. The molecule has 13 heteroatoms. The Labute approximate surface area is 329 Å². The Morgan fingerprint density at radius 3 is 1.98 bits per heavy atom. The molecule has 0 unspecified atom stereocenters. The summed E-state index contributed by atoms with van der Waals surface area (Å²) in [6.07, 6.45) is 2.29. The zero-order chi connectivity index (χ0) is 40.4. The summed E-state index contributed by atoms with van der Waals surface area (Å²) in [5.74, 6) is -3.35. The van der Waals surface area contributed by atoms with Gasteiger partial charge in [0.25, 0.3) is 17.5 Å². The van der Waals surface area contributed by atoms with E-state index in [1.54, 1.807) is 42.3 Å². The smallest absolute Gasteiger partial charge is 0.381 e. The Morgan fingerprint density at radius 1 is 0.737 bits per heavy atom. The van der Waals surface area contributed by atoms with Crippen molar-refractivity contribution in [3.8, 4) is 33.5 Å². The molecule has 6 aromatic rings. The first kappa shape index (κ1) is 38.4. The lowest BCUT2D eigenvalue weighted by molar-refractivity contribution is -0.137. The molecule has 290 valence electrons. The molecule has 1 aliphatic rings. The number of benzene rings is 3. The highest BCUT2D eigenvalue weighted by Gasteiger charge is 2.32. The fraction of sp³-hybridized carbons (Fsp3) is 0.227. The lowest BCUT2D eigenvalue weighted by Crippen LogP contribution is -2.47. The van der Waals surface area contributed by atoms with Crippen LogP contribution in [0, 0.1) is 19.7 Å². The number of amides is 1. The highest BCUT2D eigenvalue weighted by Crippen LogP contribution is 2.42. The van der Waals surface area contributed by atoms with Gasteiger partial charge in [-0.3, -0.25) is 14.4 Å². The number of carbonyl (C=O) groups excluding carboxylic acids is 4. The topological polar surface area (TPSA) is 132 Å². The number of nitrogens with zero attached hydrogens (tertiary/aromatic N) is 6. The van der Waals surface area contributed by atoms with Crippen LogP contribution in [-0.2, 0) is 28.4 Å². The van der Waals surface area contributed by atoms with Gasteiger partial charge in [-0.05, 0) is 61.7 Å². The SMILES string of the molecule is CCOC(=O)C(=O)c1c(-c2ccccc2)c(C)c(-c2cc(NC(=O)C(=O)c3c(-c4ccccc4)cc(C)n3C)ccc2N2CCN(c3ncc(F)cn3)CC2)n1C. The average molecular weight is 768 g/mol. The van der Waals surface area contributed by atoms with E-state index in [2.05, 4.69) is 20.2 Å². The number of nitrogens with one attached hydrogen (secondary N) is 1. The van der Waals surface area contributed by atoms with Crippen LogP contribution in [0.1, 0.15) is 39.2 Å². The van der Waals surface area contributed by atoms with Gasteiger partial charge in [0.15, 0.2) is 5.82 Å². The van der Waals surface area contributed by atoms with E-state index in [0.29, 0.717) is 60.2 Å². The first-order chi connectivity index (χ1) is 27.5. The number of carbonyl (C=O) groups is 4. The van der Waals surface area contributed by atoms with Crippen LogP contribution in [0.25, 0.3) is 33.5 Å². The van der Waals surface area contributed by atoms with Crippen LogP contribution in [0.5, 0.6) is 0 Å². The normalized spacial score (nSPS) is 12.7. The number of Topliss-reactive ketones (excluding diaryl/α,β-unsaturated/α-hetero) is 2. The molecule has 1 aliphatic heterocycles. The average Bonchev–Trinajstić information content (AvgIpc) is 3.67. The van der Waals surface area contributed by atoms with E-state index in [9.17, 15) is 23.6 Å². The molecule has 4 heterocycles. The van der Waals surface area contributed by atoms with Crippen molar-refractivity contribution in [3.63, 3.8) is 0 Å². The third-order valence-corrected chi connectivity index (χ3v) is 10.4. The molecule has 0 aliphatic carbocycles. The Hall–Kier alpha value is -6.89. The standard InChI is InChI=1S/C44H42FN7O5/c1-6-57-43(56)41(54)39-36(30-15-11-8-12-16-30)28(3)37(50(39)5)34-24-32(17-18-35(34)51-19-21-52(22-20-51)44-46-25-31(45)26-47-44)48-42(55)40(53)38-33(23-27(2)49(38)4)29-13-9-7-10-14-29/h7-18,23-26H,6,19-22H2,1-5H3,(H,48,55). The second kappa shape index (κ2) is 16.1. The van der Waals surface area contributed by atoms with Gasteiger partial charge in [-0.2, -0.15) is 0 Å². The van der Waals surface area contributed by atoms with Crippen LogP contribution in [-0.4, -0.2) is 75.3 Å². The number of esters is 1. The fourth-order valence-corrected chi connectivity index (χ4v) is 7.56. The van der Waals surface area contributed by atoms with Crippen molar-refractivity contribution in [2.45, 2.75) is 20.8 Å². The second-order valence-electron chi connectivity index (χ2n) is 13.8. The lowest BCUT2D eigenvalue weighted by atomic mass is 9.96. The van der Waals surface area contributed by atoms with Crippen LogP contribution < -0.4 is 15.1 Å². The van der Waals surface area contributed by atoms with Crippen LogP contribution >= 0.6 is 0 Å². The largest absolute Gasteiger partial charge is 0.460 e. The number of anilines is 3. The molecule has 1 fully saturated rings. The van der Waals surface area contributed by atoms with E-state index < -0.39 is 29.3 Å². The van der Waals surface area contributed by atoms with E-state index in [0.717, 1.165) is 40.5 Å². The highest BCUT2D eigenvalue weighted by molar-refractivity contribution is 6.47. The van der Waals surface area contributed by atoms with E-state index in [4.69, 9.17) is 4.74 Å². The molecule has 0 atom stereocenters. The van der Waals surface area contributed by atoms with Crippen molar-refractivity contribution in [3.05, 3.63) is 126 Å². The quantitative estimate of drug-likeness (QED) is 0.0859. The Kier molecular flexibility index (Phi) is 10.8. The molecule has 3 aromatic carbocycles. The number of hydrogen-bond acceptors (Lipinski definition) is 9. The van der Waals surface area contributed by atoms with Gasteiger partial charge < -0.3 is 29.0 Å². The van der Waals surface area contributed by atoms with Crippen LogP contribution in [0.2, 0.25) is 0 Å². The predicted molar refractivity (Wildman–Crippen MR) is 217 cm³/mol. The molecule has 1 amide bonds. The summed E-state index contributed by atoms with van der Waals surface area (Å²) in [6, 6.07) is 26.1. The van der Waals surface area contributed by atoms with Crippen molar-refractivity contribution >= 4 is 40.8 Å². The van der Waals surface area contributed by atoms with Gasteiger partial charge in [0.05, 0.1) is 24.7 Å². The molecule has 0 saturated carbocycles. The zero-order valence-electron chi connectivity index (χ0n) is 32.4. The number of hydrogen-bond donors (Lipinski definition) is 1. The van der Waals surface area contributed by atoms with Gasteiger partial charge in [0.1, 0.15) is 11.4 Å². The number of ether oxygens (including phenoxy) is 1. The highest BCUT2D eigenvalue weighted by atomic mass is 19.1. The fourth-order valence-electron chi connectivity index (χ4n) is 7.56. The van der Waals surface area contributed by atoms with Crippen molar-refractivity contribution in [2.75, 3.05) is 47.9 Å². The summed E-state index contributed by atoms with van der Waals surface area (Å²) in [5.41, 5.74) is 7.21. The molecule has 0 radical (unpaired) electrons. The summed E-state index contributed by atoms with van der Waals surface area (Å²) >= 11 is 0. The molecule has 12 nitrogen and oxygen atoms in total. The van der Waals surface area contributed by atoms with Crippen LogP contribution in [0.15, 0.2) is 97.3 Å². The second-order valence-corrected chi connectivity index (χ2v) is 13.8. The molecule has 1 N–H and O–H groups in total. The third-order valence-electron chi connectivity index (χ3n) is 10.4. The Bertz CT molecular complexity index is 2490. The first-order valence-electron chi connectivity index (χ1n) is 18.6. The monoisotopic (exact) mass is 767 g/mol. The van der Waals surface area contributed by atoms with Crippen LogP contribution in [0.3, 0.4) is 0 Å². The lowest BCUT2D eigenvalue weighted by Gasteiger charge is -2.37. The summed E-state index contributed by atoms with van der Waals surface area (Å²) in [5, 5.41) is 2.85. The van der Waals surface area contributed by atoms with Gasteiger partial charge in [-0.15, -0.1) is 0 Å². The van der Waals surface area contributed by atoms with E-state index in [1.807, 2.05) is 91.5 Å². The molecule has 0 spiro atoms. The van der Waals surface area contributed by atoms with E-state index in [-0.39, 0.29) is 18.0 Å². The predicted octanol–water partition coefficient (Wildman–Crippen LogP) is 6.80. The van der Waals surface area contributed by atoms with Crippen molar-refractivity contribution in [1.82, 2.24) is 19.1 Å². The molecule has 1 saturated heterocycles.